The first-order chi connectivity index (χ1) is 25.8. The molecule has 0 aliphatic heterocycles. The molecule has 7 aromatic carbocycles. The molecule has 246 valence electrons. The lowest BCUT2D eigenvalue weighted by molar-refractivity contribution is 0.669. The van der Waals surface area contributed by atoms with Crippen molar-refractivity contribution in [1.29, 1.82) is 0 Å². The van der Waals surface area contributed by atoms with Gasteiger partial charge >= 0.3 is 0 Å². The zero-order chi connectivity index (χ0) is 34.7. The van der Waals surface area contributed by atoms with Crippen molar-refractivity contribution in [1.82, 2.24) is 15.0 Å². The SMILES string of the molecule is c1ccc(C(=C(c2ccccc2)c2ccccc2Cc2nc(-c3ccccc3)nc(-c3ccc4c(c3)oc3ccccc34)n2)c2ccccc2)cc1. The molecule has 4 nitrogen and oxygen atoms in total. The molecular formula is C48H33N3O. The topological polar surface area (TPSA) is 51.8 Å². The van der Waals surface area contributed by atoms with Crippen LogP contribution in [0, 0.1) is 0 Å². The van der Waals surface area contributed by atoms with Crippen LogP contribution in [0.2, 0.25) is 0 Å². The van der Waals surface area contributed by atoms with Gasteiger partial charge in [-0.3, -0.25) is 0 Å². The first-order valence-corrected chi connectivity index (χ1v) is 17.5. The van der Waals surface area contributed by atoms with E-state index in [0.29, 0.717) is 23.9 Å². The summed E-state index contributed by atoms with van der Waals surface area (Å²) in [5.74, 6) is 1.93. The van der Waals surface area contributed by atoms with Crippen LogP contribution in [0.4, 0.5) is 0 Å². The molecule has 0 N–H and O–H groups in total. The van der Waals surface area contributed by atoms with Gasteiger partial charge in [0.2, 0.25) is 0 Å². The number of aromatic nitrogens is 3. The molecule has 0 aliphatic carbocycles. The van der Waals surface area contributed by atoms with Crippen molar-refractivity contribution < 1.29 is 4.42 Å². The molecule has 2 aromatic heterocycles. The lowest BCUT2D eigenvalue weighted by Gasteiger charge is -2.20. The smallest absolute Gasteiger partial charge is 0.163 e. The normalized spacial score (nSPS) is 11.2. The van der Waals surface area contributed by atoms with Gasteiger partial charge in [0.15, 0.2) is 11.6 Å². The molecule has 9 aromatic rings. The van der Waals surface area contributed by atoms with E-state index in [1.165, 1.54) is 5.57 Å². The molecule has 52 heavy (non-hydrogen) atoms. The summed E-state index contributed by atoms with van der Waals surface area (Å²) in [5.41, 5.74) is 11.5. The second-order valence-electron chi connectivity index (χ2n) is 12.8. The van der Waals surface area contributed by atoms with E-state index in [4.69, 9.17) is 19.4 Å². The zero-order valence-corrected chi connectivity index (χ0v) is 28.4. The third-order valence-corrected chi connectivity index (χ3v) is 9.42. The molecule has 0 amide bonds. The molecule has 0 spiro atoms. The second kappa shape index (κ2) is 13.8. The minimum atomic E-state index is 0.506. The predicted molar refractivity (Wildman–Crippen MR) is 212 cm³/mol. The van der Waals surface area contributed by atoms with Crippen LogP contribution in [0.1, 0.15) is 33.6 Å². The Kier molecular flexibility index (Phi) is 8.24. The summed E-state index contributed by atoms with van der Waals surface area (Å²) in [6.07, 6.45) is 0.506. The van der Waals surface area contributed by atoms with Crippen LogP contribution in [0.5, 0.6) is 0 Å². The molecule has 2 heterocycles. The largest absolute Gasteiger partial charge is 0.456 e. The second-order valence-corrected chi connectivity index (χ2v) is 12.8. The maximum absolute atomic E-state index is 6.26. The molecule has 0 radical (unpaired) electrons. The van der Waals surface area contributed by atoms with Crippen molar-refractivity contribution in [2.45, 2.75) is 6.42 Å². The van der Waals surface area contributed by atoms with Gasteiger partial charge < -0.3 is 4.42 Å². The lowest BCUT2D eigenvalue weighted by atomic mass is 9.83. The van der Waals surface area contributed by atoms with Gasteiger partial charge in [0, 0.05) is 28.3 Å². The number of hydrogen-bond acceptors (Lipinski definition) is 4. The van der Waals surface area contributed by atoms with E-state index in [2.05, 4.69) is 133 Å². The first kappa shape index (κ1) is 31.1. The van der Waals surface area contributed by atoms with E-state index in [9.17, 15) is 0 Å². The van der Waals surface area contributed by atoms with E-state index in [1.807, 2.05) is 54.6 Å². The third-order valence-electron chi connectivity index (χ3n) is 9.42. The fourth-order valence-corrected chi connectivity index (χ4v) is 7.00. The molecule has 0 unspecified atom stereocenters. The van der Waals surface area contributed by atoms with Gasteiger partial charge in [0.05, 0.1) is 0 Å². The highest BCUT2D eigenvalue weighted by molar-refractivity contribution is 6.06. The fourth-order valence-electron chi connectivity index (χ4n) is 7.00. The highest BCUT2D eigenvalue weighted by Gasteiger charge is 2.20. The number of furan rings is 1. The van der Waals surface area contributed by atoms with Gasteiger partial charge in [0.1, 0.15) is 17.0 Å². The van der Waals surface area contributed by atoms with Crippen LogP contribution >= 0.6 is 0 Å². The van der Waals surface area contributed by atoms with Crippen molar-refractivity contribution >= 4 is 33.1 Å². The van der Waals surface area contributed by atoms with E-state index in [-0.39, 0.29) is 0 Å². The maximum Gasteiger partial charge on any atom is 0.163 e. The molecule has 0 atom stereocenters. The Hall–Kier alpha value is -6.91. The minimum absolute atomic E-state index is 0.506. The van der Waals surface area contributed by atoms with Crippen LogP contribution < -0.4 is 0 Å². The van der Waals surface area contributed by atoms with E-state index >= 15 is 0 Å². The van der Waals surface area contributed by atoms with Crippen LogP contribution in [0.25, 0.3) is 55.9 Å². The Balaban J connectivity index is 1.23. The van der Waals surface area contributed by atoms with E-state index < -0.39 is 0 Å². The lowest BCUT2D eigenvalue weighted by Crippen LogP contribution is -2.06. The van der Waals surface area contributed by atoms with Crippen molar-refractivity contribution in [2.75, 3.05) is 0 Å². The summed E-state index contributed by atoms with van der Waals surface area (Å²) in [6, 6.07) is 65.1. The van der Waals surface area contributed by atoms with Gasteiger partial charge in [0.25, 0.3) is 0 Å². The predicted octanol–water partition coefficient (Wildman–Crippen LogP) is 11.7. The average Bonchev–Trinajstić information content (AvgIpc) is 3.59. The molecule has 0 saturated carbocycles. The Morgan fingerprint density at radius 1 is 0.404 bits per heavy atom. The summed E-state index contributed by atoms with van der Waals surface area (Å²) >= 11 is 0. The summed E-state index contributed by atoms with van der Waals surface area (Å²) < 4.78 is 6.26. The molecular weight excluding hydrogens is 635 g/mol. The summed E-state index contributed by atoms with van der Waals surface area (Å²) in [4.78, 5) is 15.2. The number of nitrogens with zero attached hydrogens (tertiary/aromatic N) is 3. The van der Waals surface area contributed by atoms with Gasteiger partial charge in [-0.15, -0.1) is 0 Å². The first-order valence-electron chi connectivity index (χ1n) is 17.5. The summed E-state index contributed by atoms with van der Waals surface area (Å²) in [6.45, 7) is 0. The zero-order valence-electron chi connectivity index (χ0n) is 28.4. The van der Waals surface area contributed by atoms with E-state index in [1.54, 1.807) is 0 Å². The summed E-state index contributed by atoms with van der Waals surface area (Å²) in [5, 5.41) is 2.16. The highest BCUT2D eigenvalue weighted by Crippen LogP contribution is 2.39. The highest BCUT2D eigenvalue weighted by atomic mass is 16.3. The molecule has 4 heteroatoms. The van der Waals surface area contributed by atoms with Gasteiger partial charge in [-0.1, -0.05) is 170 Å². The Morgan fingerprint density at radius 3 is 1.60 bits per heavy atom. The quantitative estimate of drug-likeness (QED) is 0.151. The van der Waals surface area contributed by atoms with Crippen LogP contribution in [0.3, 0.4) is 0 Å². The monoisotopic (exact) mass is 667 g/mol. The standard InChI is InChI=1S/C48H33N3O/c1-5-17-33(18-6-1)45(34-19-7-2-8-20-34)46(35-21-9-3-10-22-35)39-26-14-13-25-37(39)32-44-49-47(36-23-11-4-12-24-36)51-48(50-44)38-29-30-41-40-27-15-16-28-42(40)52-43(41)31-38/h1-31H,32H2. The number of rotatable bonds is 8. The maximum atomic E-state index is 6.26. The van der Waals surface area contributed by atoms with Crippen LogP contribution in [-0.4, -0.2) is 15.0 Å². The van der Waals surface area contributed by atoms with Crippen molar-refractivity contribution in [3.8, 4) is 22.8 Å². The summed E-state index contributed by atoms with van der Waals surface area (Å²) in [7, 11) is 0. The average molecular weight is 668 g/mol. The number of para-hydroxylation sites is 1. The van der Waals surface area contributed by atoms with Gasteiger partial charge in [-0.25, -0.2) is 15.0 Å². The van der Waals surface area contributed by atoms with Crippen molar-refractivity contribution in [2.24, 2.45) is 0 Å². The molecule has 0 aliphatic rings. The number of hydrogen-bond donors (Lipinski definition) is 0. The third kappa shape index (κ3) is 6.08. The van der Waals surface area contributed by atoms with Crippen LogP contribution in [0.15, 0.2) is 192 Å². The Bertz CT molecular complexity index is 2640. The Morgan fingerprint density at radius 2 is 0.923 bits per heavy atom. The molecule has 0 bridgehead atoms. The van der Waals surface area contributed by atoms with Crippen LogP contribution in [-0.2, 0) is 6.42 Å². The number of benzene rings is 7. The fraction of sp³-hybridized carbons (Fsp3) is 0.0208. The molecule has 0 fully saturated rings. The molecule has 0 saturated heterocycles. The van der Waals surface area contributed by atoms with Crippen molar-refractivity contribution in [3.05, 3.63) is 222 Å². The number of fused-ring (bicyclic) bond motifs is 3. The van der Waals surface area contributed by atoms with Gasteiger partial charge in [-0.2, -0.15) is 0 Å². The minimum Gasteiger partial charge on any atom is -0.456 e. The Labute approximate surface area is 302 Å². The van der Waals surface area contributed by atoms with Gasteiger partial charge in [-0.05, 0) is 57.2 Å². The van der Waals surface area contributed by atoms with E-state index in [0.717, 1.165) is 66.5 Å². The van der Waals surface area contributed by atoms with Crippen molar-refractivity contribution in [3.63, 3.8) is 0 Å². The molecule has 9 rings (SSSR count).